The first-order valence-corrected chi connectivity index (χ1v) is 5.38. The van der Waals surface area contributed by atoms with E-state index >= 15 is 0 Å². The molecule has 0 radical (unpaired) electrons. The van der Waals surface area contributed by atoms with E-state index in [0.29, 0.717) is 11.3 Å². The van der Waals surface area contributed by atoms with Crippen molar-refractivity contribution in [2.45, 2.75) is 25.7 Å². The molecule has 0 spiro atoms. The fourth-order valence-electron chi connectivity index (χ4n) is 1.80. The van der Waals surface area contributed by atoms with Crippen LogP contribution in [0.3, 0.4) is 0 Å². The van der Waals surface area contributed by atoms with Gasteiger partial charge in [-0.15, -0.1) is 0 Å². The molecule has 1 N–H and O–H groups in total. The van der Waals surface area contributed by atoms with E-state index in [0.717, 1.165) is 0 Å². The third-order valence-electron chi connectivity index (χ3n) is 2.73. The number of carbonyl (C=O) groups excluding carboxylic acids is 1. The molecule has 4 nitrogen and oxygen atoms in total. The molecule has 0 amide bonds. The molecule has 1 rings (SSSR count). The van der Waals surface area contributed by atoms with Crippen LogP contribution in [-0.2, 0) is 15.0 Å². The Balaban J connectivity index is 3.11. The predicted octanol–water partition coefficient (Wildman–Crippen LogP) is 2.16. The van der Waals surface area contributed by atoms with Crippen LogP contribution in [0.25, 0.3) is 0 Å². The minimum Gasteiger partial charge on any atom is -0.496 e. The minimum atomic E-state index is -1.47. The largest absolute Gasteiger partial charge is 0.496 e. The standard InChI is InChI=1S/C13H15FO4/c1-13(2,7-10(15)12(16)17)9-5-4-8(14)6-11(9)18-3/h4-6H,7H2,1-3H3,(H,16,17). The normalized spacial score (nSPS) is 11.1. The first kappa shape index (κ1) is 14.2. The summed E-state index contributed by atoms with van der Waals surface area (Å²) in [5, 5.41) is 8.62. The van der Waals surface area contributed by atoms with Gasteiger partial charge in [0.15, 0.2) is 0 Å². The van der Waals surface area contributed by atoms with Gasteiger partial charge >= 0.3 is 5.97 Å². The number of carbonyl (C=O) groups is 2. The molecule has 98 valence electrons. The van der Waals surface area contributed by atoms with E-state index < -0.39 is 23.0 Å². The average molecular weight is 254 g/mol. The summed E-state index contributed by atoms with van der Waals surface area (Å²) in [4.78, 5) is 21.9. The number of rotatable bonds is 5. The van der Waals surface area contributed by atoms with Gasteiger partial charge in [-0.25, -0.2) is 9.18 Å². The average Bonchev–Trinajstić information content (AvgIpc) is 2.27. The zero-order chi connectivity index (χ0) is 13.9. The number of ether oxygens (including phenoxy) is 1. The van der Waals surface area contributed by atoms with Crippen molar-refractivity contribution in [3.05, 3.63) is 29.6 Å². The summed E-state index contributed by atoms with van der Waals surface area (Å²) in [5.41, 5.74) is -0.143. The molecule has 0 unspecified atom stereocenters. The Bertz CT molecular complexity index is 480. The van der Waals surface area contributed by atoms with Crippen molar-refractivity contribution in [1.29, 1.82) is 0 Å². The molecule has 0 fully saturated rings. The number of hydrogen-bond donors (Lipinski definition) is 1. The summed E-state index contributed by atoms with van der Waals surface area (Å²) in [6.45, 7) is 3.42. The van der Waals surface area contributed by atoms with E-state index in [1.165, 1.54) is 25.3 Å². The van der Waals surface area contributed by atoms with E-state index in [1.54, 1.807) is 13.8 Å². The Hall–Kier alpha value is -1.91. The molecule has 1 aromatic carbocycles. The van der Waals surface area contributed by atoms with Crippen LogP contribution >= 0.6 is 0 Å². The van der Waals surface area contributed by atoms with E-state index in [1.807, 2.05) is 0 Å². The Morgan fingerprint density at radius 3 is 2.50 bits per heavy atom. The summed E-state index contributed by atoms with van der Waals surface area (Å²) >= 11 is 0. The lowest BCUT2D eigenvalue weighted by molar-refractivity contribution is -0.149. The van der Waals surface area contributed by atoms with Crippen LogP contribution in [0, 0.1) is 5.82 Å². The van der Waals surface area contributed by atoms with Crippen molar-refractivity contribution in [3.8, 4) is 5.75 Å². The molecule has 5 heteroatoms. The second-order valence-electron chi connectivity index (χ2n) is 4.63. The maximum Gasteiger partial charge on any atom is 0.372 e. The monoisotopic (exact) mass is 254 g/mol. The van der Waals surface area contributed by atoms with E-state index in [-0.39, 0.29) is 6.42 Å². The SMILES string of the molecule is COc1cc(F)ccc1C(C)(C)CC(=O)C(=O)O. The van der Waals surface area contributed by atoms with Crippen LogP contribution in [0.15, 0.2) is 18.2 Å². The fourth-order valence-corrected chi connectivity index (χ4v) is 1.80. The number of Topliss-reactive ketones (excluding diaryl/α,β-unsaturated/α-hetero) is 1. The molecule has 0 saturated carbocycles. The second kappa shape index (κ2) is 5.16. The zero-order valence-corrected chi connectivity index (χ0v) is 10.5. The Kier molecular flexibility index (Phi) is 4.06. The molecule has 0 saturated heterocycles. The van der Waals surface area contributed by atoms with Crippen molar-refractivity contribution in [3.63, 3.8) is 0 Å². The fraction of sp³-hybridized carbons (Fsp3) is 0.385. The quantitative estimate of drug-likeness (QED) is 0.818. The molecule has 0 atom stereocenters. The van der Waals surface area contributed by atoms with Crippen molar-refractivity contribution in [1.82, 2.24) is 0 Å². The van der Waals surface area contributed by atoms with Crippen molar-refractivity contribution in [2.24, 2.45) is 0 Å². The highest BCUT2D eigenvalue weighted by atomic mass is 19.1. The molecule has 0 aliphatic carbocycles. The second-order valence-corrected chi connectivity index (χ2v) is 4.63. The number of carboxylic acids is 1. The molecule has 0 aliphatic rings. The number of aliphatic carboxylic acids is 1. The van der Waals surface area contributed by atoms with Crippen molar-refractivity contribution in [2.75, 3.05) is 7.11 Å². The lowest BCUT2D eigenvalue weighted by Gasteiger charge is -2.25. The Morgan fingerprint density at radius 1 is 1.39 bits per heavy atom. The van der Waals surface area contributed by atoms with E-state index in [4.69, 9.17) is 9.84 Å². The predicted molar refractivity (Wildman–Crippen MR) is 63.2 cm³/mol. The molecule has 18 heavy (non-hydrogen) atoms. The van der Waals surface area contributed by atoms with Gasteiger partial charge in [0.2, 0.25) is 5.78 Å². The van der Waals surface area contributed by atoms with Gasteiger partial charge in [0.25, 0.3) is 0 Å². The van der Waals surface area contributed by atoms with E-state index in [9.17, 15) is 14.0 Å². The smallest absolute Gasteiger partial charge is 0.372 e. The molecular formula is C13H15FO4. The molecule has 0 heterocycles. The zero-order valence-electron chi connectivity index (χ0n) is 10.5. The van der Waals surface area contributed by atoms with Crippen molar-refractivity contribution >= 4 is 11.8 Å². The van der Waals surface area contributed by atoms with Crippen LogP contribution < -0.4 is 4.74 Å². The van der Waals surface area contributed by atoms with Crippen LogP contribution in [0.1, 0.15) is 25.8 Å². The minimum absolute atomic E-state index is 0.176. The van der Waals surface area contributed by atoms with Gasteiger partial charge in [0, 0.05) is 23.5 Å². The molecule has 0 bridgehead atoms. The summed E-state index contributed by atoms with van der Waals surface area (Å²) in [5.74, 6) is -2.50. The summed E-state index contributed by atoms with van der Waals surface area (Å²) < 4.78 is 18.1. The molecule has 0 aliphatic heterocycles. The van der Waals surface area contributed by atoms with Gasteiger partial charge in [-0.05, 0) is 6.07 Å². The van der Waals surface area contributed by atoms with Gasteiger partial charge < -0.3 is 9.84 Å². The lowest BCUT2D eigenvalue weighted by Crippen LogP contribution is -2.26. The Labute approximate surface area is 104 Å². The topological polar surface area (TPSA) is 63.6 Å². The highest BCUT2D eigenvalue weighted by Crippen LogP contribution is 2.34. The number of halogens is 1. The first-order valence-electron chi connectivity index (χ1n) is 5.38. The van der Waals surface area contributed by atoms with Gasteiger partial charge in [0.1, 0.15) is 11.6 Å². The first-order chi connectivity index (χ1) is 8.27. The Morgan fingerprint density at radius 2 is 2.00 bits per heavy atom. The third-order valence-corrected chi connectivity index (χ3v) is 2.73. The highest BCUT2D eigenvalue weighted by molar-refractivity contribution is 6.32. The summed E-state index contributed by atoms with van der Waals surface area (Å²) in [6, 6.07) is 3.97. The van der Waals surface area contributed by atoms with Gasteiger partial charge in [-0.2, -0.15) is 0 Å². The number of carboxylic acid groups (broad SMARTS) is 1. The number of benzene rings is 1. The maximum atomic E-state index is 13.1. The third kappa shape index (κ3) is 3.06. The van der Waals surface area contributed by atoms with Crippen LogP contribution in [0.4, 0.5) is 4.39 Å². The van der Waals surface area contributed by atoms with Crippen LogP contribution in [0.5, 0.6) is 5.75 Å². The molecule has 1 aromatic rings. The number of ketones is 1. The van der Waals surface area contributed by atoms with Gasteiger partial charge in [-0.3, -0.25) is 4.79 Å². The van der Waals surface area contributed by atoms with Gasteiger partial charge in [0.05, 0.1) is 7.11 Å². The van der Waals surface area contributed by atoms with Crippen LogP contribution in [-0.4, -0.2) is 24.0 Å². The number of hydrogen-bond acceptors (Lipinski definition) is 3. The lowest BCUT2D eigenvalue weighted by atomic mass is 9.79. The number of methoxy groups -OCH3 is 1. The van der Waals surface area contributed by atoms with Crippen LogP contribution in [0.2, 0.25) is 0 Å². The molecular weight excluding hydrogens is 239 g/mol. The molecule has 0 aromatic heterocycles. The van der Waals surface area contributed by atoms with Crippen molar-refractivity contribution < 1.29 is 23.8 Å². The van der Waals surface area contributed by atoms with E-state index in [2.05, 4.69) is 0 Å². The highest BCUT2D eigenvalue weighted by Gasteiger charge is 2.30. The summed E-state index contributed by atoms with van der Waals surface area (Å²) in [6.07, 6.45) is -0.176. The summed E-state index contributed by atoms with van der Waals surface area (Å²) in [7, 11) is 1.40. The maximum absolute atomic E-state index is 13.1. The van der Waals surface area contributed by atoms with Gasteiger partial charge in [-0.1, -0.05) is 19.9 Å².